The largest absolute Gasteiger partial charge is 0.301 e. The molecule has 0 saturated heterocycles. The predicted molar refractivity (Wildman–Crippen MR) is 111 cm³/mol. The smallest absolute Gasteiger partial charge is 0.226 e. The number of carbonyl (C=O) groups excluding carboxylic acids is 2. The van der Waals surface area contributed by atoms with Crippen molar-refractivity contribution in [2.45, 2.75) is 38.5 Å². The van der Waals surface area contributed by atoms with Crippen LogP contribution in [-0.2, 0) is 17.6 Å². The lowest BCUT2D eigenvalue weighted by Gasteiger charge is -2.16. The Bertz CT molecular complexity index is 998. The maximum Gasteiger partial charge on any atom is 0.226 e. The minimum atomic E-state index is -0.220. The van der Waals surface area contributed by atoms with Crippen LogP contribution in [0.5, 0.6) is 0 Å². The highest BCUT2D eigenvalue weighted by Crippen LogP contribution is 2.26. The van der Waals surface area contributed by atoms with E-state index in [0.29, 0.717) is 10.7 Å². The number of nitrogens with zero attached hydrogens (tertiary/aromatic N) is 2. The van der Waals surface area contributed by atoms with Crippen LogP contribution in [0.4, 0.5) is 5.13 Å². The fourth-order valence-electron chi connectivity index (χ4n) is 3.43. The number of nitrogens with one attached hydrogen (secondary N) is 1. The minimum Gasteiger partial charge on any atom is -0.301 e. The number of fused-ring (bicyclic) bond motifs is 1. The number of hydrogen-bond acceptors (Lipinski definition) is 5. The van der Waals surface area contributed by atoms with Gasteiger partial charge in [-0.15, -0.1) is 10.2 Å². The van der Waals surface area contributed by atoms with Crippen molar-refractivity contribution in [1.29, 1.82) is 0 Å². The lowest BCUT2D eigenvalue weighted by atomic mass is 9.89. The molecule has 0 bridgehead atoms. The number of anilines is 1. The van der Waals surface area contributed by atoms with Crippen LogP contribution in [0.15, 0.2) is 48.5 Å². The fraction of sp³-hybridized carbons (Fsp3) is 0.273. The number of benzene rings is 2. The molecular formula is C22H21N3O2S. The highest BCUT2D eigenvalue weighted by atomic mass is 32.1. The first-order valence-corrected chi connectivity index (χ1v) is 10.3. The average molecular weight is 391 g/mol. The maximum atomic E-state index is 12.5. The lowest BCUT2D eigenvalue weighted by molar-refractivity contribution is -0.116. The minimum absolute atomic E-state index is 0.00534. The van der Waals surface area contributed by atoms with E-state index in [1.54, 1.807) is 0 Å². The summed E-state index contributed by atoms with van der Waals surface area (Å²) >= 11 is 1.32. The first-order valence-electron chi connectivity index (χ1n) is 9.53. The molecule has 0 aliphatic heterocycles. The summed E-state index contributed by atoms with van der Waals surface area (Å²) in [6.45, 7) is 0. The summed E-state index contributed by atoms with van der Waals surface area (Å²) in [6, 6.07) is 15.7. The molecule has 3 aromatic rings. The topological polar surface area (TPSA) is 72.0 Å². The number of aryl methyl sites for hydroxylation is 2. The zero-order valence-electron chi connectivity index (χ0n) is 15.5. The Morgan fingerprint density at radius 3 is 2.54 bits per heavy atom. The molecule has 6 heteroatoms. The average Bonchev–Trinajstić information content (AvgIpc) is 3.20. The molecule has 0 fully saturated rings. The molecule has 1 aliphatic rings. The zero-order valence-corrected chi connectivity index (χ0v) is 16.3. The van der Waals surface area contributed by atoms with Crippen LogP contribution in [0.25, 0.3) is 10.6 Å². The Hall–Kier alpha value is -2.86. The van der Waals surface area contributed by atoms with E-state index >= 15 is 0 Å². The third-order valence-electron chi connectivity index (χ3n) is 4.94. The number of aromatic nitrogens is 2. The first kappa shape index (κ1) is 18.5. The summed E-state index contributed by atoms with van der Waals surface area (Å²) < 4.78 is 0. The van der Waals surface area contributed by atoms with E-state index in [0.717, 1.165) is 23.4 Å². The molecule has 2 aromatic carbocycles. The van der Waals surface area contributed by atoms with Crippen molar-refractivity contribution in [2.75, 3.05) is 5.32 Å². The third-order valence-corrected chi connectivity index (χ3v) is 5.83. The van der Waals surface area contributed by atoms with Crippen molar-refractivity contribution < 1.29 is 9.59 Å². The molecule has 0 spiro atoms. The second kappa shape index (κ2) is 8.44. The van der Waals surface area contributed by atoms with Crippen LogP contribution in [0.3, 0.4) is 0 Å². The van der Waals surface area contributed by atoms with Gasteiger partial charge in [0.2, 0.25) is 11.0 Å². The van der Waals surface area contributed by atoms with Gasteiger partial charge in [0.05, 0.1) is 0 Å². The van der Waals surface area contributed by atoms with Gasteiger partial charge < -0.3 is 5.32 Å². The van der Waals surface area contributed by atoms with Gasteiger partial charge in [-0.2, -0.15) is 0 Å². The van der Waals surface area contributed by atoms with Gasteiger partial charge in [-0.25, -0.2) is 0 Å². The summed E-state index contributed by atoms with van der Waals surface area (Å²) in [4.78, 5) is 24.7. The molecule has 0 saturated carbocycles. The number of ketones is 1. The van der Waals surface area contributed by atoms with Gasteiger partial charge in [-0.05, 0) is 42.9 Å². The molecule has 1 heterocycles. The molecule has 1 N–H and O–H groups in total. The summed E-state index contributed by atoms with van der Waals surface area (Å²) in [5.41, 5.74) is 4.30. The highest BCUT2D eigenvalue weighted by molar-refractivity contribution is 7.18. The van der Waals surface area contributed by atoms with Crippen molar-refractivity contribution in [2.24, 2.45) is 0 Å². The standard InChI is InChI=1S/C22H21N3O2S/c26-19(18-11-10-15-6-4-5-9-17(15)14-18)12-13-20(27)23-22-25-24-21(28-22)16-7-2-1-3-8-16/h1-3,7-8,10-11,14H,4-6,9,12-13H2,(H,23,25,27). The van der Waals surface area contributed by atoms with Crippen LogP contribution >= 0.6 is 11.3 Å². The number of Topliss-reactive ketones (excluding diaryl/α,β-unsaturated/α-hetero) is 1. The van der Waals surface area contributed by atoms with E-state index in [4.69, 9.17) is 0 Å². The first-order chi connectivity index (χ1) is 13.7. The molecule has 1 amide bonds. The summed E-state index contributed by atoms with van der Waals surface area (Å²) in [5, 5.41) is 12.1. The van der Waals surface area contributed by atoms with E-state index in [1.807, 2.05) is 42.5 Å². The van der Waals surface area contributed by atoms with E-state index < -0.39 is 0 Å². The highest BCUT2D eigenvalue weighted by Gasteiger charge is 2.15. The van der Waals surface area contributed by atoms with E-state index in [2.05, 4.69) is 21.6 Å². The van der Waals surface area contributed by atoms with Crippen LogP contribution < -0.4 is 5.32 Å². The molecule has 28 heavy (non-hydrogen) atoms. The predicted octanol–water partition coefficient (Wildman–Crippen LogP) is 4.69. The zero-order chi connectivity index (χ0) is 19.3. The van der Waals surface area contributed by atoms with E-state index in [-0.39, 0.29) is 24.5 Å². The molecule has 0 unspecified atom stereocenters. The Morgan fingerprint density at radius 1 is 0.929 bits per heavy atom. The van der Waals surface area contributed by atoms with Crippen molar-refractivity contribution in [3.05, 3.63) is 65.2 Å². The van der Waals surface area contributed by atoms with Crippen molar-refractivity contribution in [3.8, 4) is 10.6 Å². The Balaban J connectivity index is 1.32. The molecule has 5 nitrogen and oxygen atoms in total. The number of carbonyl (C=O) groups is 2. The SMILES string of the molecule is O=C(CCC(=O)c1ccc2c(c1)CCCC2)Nc1nnc(-c2ccccc2)s1. The second-order valence-electron chi connectivity index (χ2n) is 6.94. The number of amides is 1. The molecule has 0 atom stereocenters. The third kappa shape index (κ3) is 4.34. The van der Waals surface area contributed by atoms with Gasteiger partial charge in [0.25, 0.3) is 0 Å². The van der Waals surface area contributed by atoms with Gasteiger partial charge in [0.15, 0.2) is 5.78 Å². The normalized spacial score (nSPS) is 13.0. The van der Waals surface area contributed by atoms with Crippen LogP contribution in [0.2, 0.25) is 0 Å². The number of hydrogen-bond donors (Lipinski definition) is 1. The van der Waals surface area contributed by atoms with Gasteiger partial charge in [0, 0.05) is 24.0 Å². The maximum absolute atomic E-state index is 12.5. The van der Waals surface area contributed by atoms with Gasteiger partial charge >= 0.3 is 0 Å². The van der Waals surface area contributed by atoms with Crippen LogP contribution in [0.1, 0.15) is 47.2 Å². The van der Waals surface area contributed by atoms with Gasteiger partial charge in [-0.1, -0.05) is 53.8 Å². The monoisotopic (exact) mass is 391 g/mol. The van der Waals surface area contributed by atoms with Crippen LogP contribution in [0, 0.1) is 0 Å². The Labute approximate surface area is 167 Å². The molecular weight excluding hydrogens is 370 g/mol. The summed E-state index contributed by atoms with van der Waals surface area (Å²) in [6.07, 6.45) is 4.86. The molecule has 142 valence electrons. The Morgan fingerprint density at radius 2 is 1.71 bits per heavy atom. The molecule has 4 rings (SSSR count). The number of rotatable bonds is 6. The Kier molecular flexibility index (Phi) is 5.58. The van der Waals surface area contributed by atoms with Gasteiger partial charge in [0.1, 0.15) is 5.01 Å². The molecule has 1 aromatic heterocycles. The quantitative estimate of drug-likeness (QED) is 0.619. The molecule has 0 radical (unpaired) electrons. The van der Waals surface area contributed by atoms with E-state index in [1.165, 1.54) is 35.3 Å². The van der Waals surface area contributed by atoms with Crippen molar-refractivity contribution >= 4 is 28.2 Å². The van der Waals surface area contributed by atoms with Crippen LogP contribution in [-0.4, -0.2) is 21.9 Å². The van der Waals surface area contributed by atoms with Gasteiger partial charge in [-0.3, -0.25) is 9.59 Å². The molecule has 1 aliphatic carbocycles. The van der Waals surface area contributed by atoms with Crippen molar-refractivity contribution in [1.82, 2.24) is 10.2 Å². The van der Waals surface area contributed by atoms with E-state index in [9.17, 15) is 9.59 Å². The lowest BCUT2D eigenvalue weighted by Crippen LogP contribution is -2.14. The fourth-order valence-corrected chi connectivity index (χ4v) is 4.20. The summed E-state index contributed by atoms with van der Waals surface area (Å²) in [7, 11) is 0. The second-order valence-corrected chi connectivity index (χ2v) is 7.92. The van der Waals surface area contributed by atoms with Crippen molar-refractivity contribution in [3.63, 3.8) is 0 Å². The summed E-state index contributed by atoms with van der Waals surface area (Å²) in [5.74, 6) is -0.215.